The van der Waals surface area contributed by atoms with E-state index in [1.807, 2.05) is 71.4 Å². The van der Waals surface area contributed by atoms with E-state index in [1.165, 1.54) is 5.56 Å². The number of hydrogen-bond donors (Lipinski definition) is 1. The molecule has 0 bridgehead atoms. The van der Waals surface area contributed by atoms with Gasteiger partial charge in [0.1, 0.15) is 0 Å². The van der Waals surface area contributed by atoms with Crippen molar-refractivity contribution in [2.24, 2.45) is 0 Å². The molecule has 6 nitrogen and oxygen atoms in total. The molecular weight excluding hydrogens is 518 g/mol. The highest BCUT2D eigenvalue weighted by Crippen LogP contribution is 2.32. The van der Waals surface area contributed by atoms with Crippen molar-refractivity contribution in [2.45, 2.75) is 32.4 Å². The number of fused-ring (bicyclic) bond motifs is 1. The van der Waals surface area contributed by atoms with E-state index in [2.05, 4.69) is 59.3 Å². The number of H-pyrrole nitrogens is 1. The van der Waals surface area contributed by atoms with Gasteiger partial charge in [-0.3, -0.25) is 9.47 Å². The molecule has 0 aliphatic carbocycles. The third kappa shape index (κ3) is 5.17. The number of benzene rings is 4. The Morgan fingerprint density at radius 3 is 2.10 bits per heavy atom. The predicted molar refractivity (Wildman–Crippen MR) is 169 cm³/mol. The minimum Gasteiger partial charge on any atom is -0.306 e. The summed E-state index contributed by atoms with van der Waals surface area (Å²) in [5.74, 6) is 0. The molecule has 1 aliphatic rings. The molecule has 0 saturated carbocycles. The van der Waals surface area contributed by atoms with Crippen molar-refractivity contribution in [2.75, 3.05) is 13.1 Å². The highest BCUT2D eigenvalue weighted by molar-refractivity contribution is 5.87. The van der Waals surface area contributed by atoms with Crippen molar-refractivity contribution < 1.29 is 0 Å². The summed E-state index contributed by atoms with van der Waals surface area (Å²) in [5.41, 5.74) is 10.1. The Morgan fingerprint density at radius 1 is 0.738 bits per heavy atom. The molecule has 4 aromatic carbocycles. The van der Waals surface area contributed by atoms with Gasteiger partial charge in [0.25, 0.3) is 0 Å². The van der Waals surface area contributed by atoms with Crippen LogP contribution in [-0.2, 0) is 6.54 Å². The van der Waals surface area contributed by atoms with Gasteiger partial charge < -0.3 is 4.98 Å². The zero-order chi connectivity index (χ0) is 28.5. The number of likely N-dealkylation sites (tertiary alicyclic amines) is 1. The van der Waals surface area contributed by atoms with Crippen LogP contribution in [0.15, 0.2) is 114 Å². The molecule has 1 aliphatic heterocycles. The number of nitrogens with one attached hydrogen (secondary N) is 1. The van der Waals surface area contributed by atoms with Crippen molar-refractivity contribution >= 4 is 11.0 Å². The van der Waals surface area contributed by atoms with Crippen molar-refractivity contribution in [1.29, 1.82) is 0 Å². The van der Waals surface area contributed by atoms with Gasteiger partial charge >= 0.3 is 5.69 Å². The largest absolute Gasteiger partial charge is 0.326 e. The molecule has 3 heterocycles. The van der Waals surface area contributed by atoms with Gasteiger partial charge in [0.05, 0.1) is 28.1 Å². The van der Waals surface area contributed by atoms with E-state index in [0.29, 0.717) is 0 Å². The second-order valence-electron chi connectivity index (χ2n) is 11.2. The lowest BCUT2D eigenvalue weighted by Crippen LogP contribution is -2.36. The van der Waals surface area contributed by atoms with Crippen LogP contribution in [0.1, 0.15) is 30.0 Å². The zero-order valence-electron chi connectivity index (χ0n) is 23.7. The predicted octanol–water partition coefficient (Wildman–Crippen LogP) is 7.27. The minimum absolute atomic E-state index is 0.0234. The van der Waals surface area contributed by atoms with Gasteiger partial charge in [-0.05, 0) is 42.5 Å². The summed E-state index contributed by atoms with van der Waals surface area (Å²) in [4.78, 5) is 28.4. The fourth-order valence-electron chi connectivity index (χ4n) is 6.04. The Morgan fingerprint density at radius 2 is 1.38 bits per heavy atom. The lowest BCUT2D eigenvalue weighted by atomic mass is 10.0. The van der Waals surface area contributed by atoms with Crippen LogP contribution in [0.4, 0.5) is 0 Å². The smallest absolute Gasteiger partial charge is 0.306 e. The van der Waals surface area contributed by atoms with Gasteiger partial charge in [-0.1, -0.05) is 97.1 Å². The van der Waals surface area contributed by atoms with Gasteiger partial charge in [0.2, 0.25) is 0 Å². The monoisotopic (exact) mass is 551 g/mol. The first kappa shape index (κ1) is 26.1. The van der Waals surface area contributed by atoms with Crippen LogP contribution < -0.4 is 5.69 Å². The number of aryl methyl sites for hydroxylation is 1. The Bertz CT molecular complexity index is 1880. The van der Waals surface area contributed by atoms with Crippen LogP contribution in [0.25, 0.3) is 44.8 Å². The lowest BCUT2D eigenvalue weighted by Gasteiger charge is -2.32. The van der Waals surface area contributed by atoms with Gasteiger partial charge in [0.15, 0.2) is 0 Å². The number of para-hydroxylation sites is 1. The van der Waals surface area contributed by atoms with E-state index in [-0.39, 0.29) is 11.7 Å². The number of aromatic amines is 1. The maximum absolute atomic E-state index is 12.7. The average molecular weight is 552 g/mol. The molecule has 0 unspecified atom stereocenters. The summed E-state index contributed by atoms with van der Waals surface area (Å²) in [6, 6.07) is 35.5. The summed E-state index contributed by atoms with van der Waals surface area (Å²) in [7, 11) is 0. The molecule has 6 heteroatoms. The summed E-state index contributed by atoms with van der Waals surface area (Å²) in [6.07, 6.45) is 3.89. The molecule has 1 saturated heterocycles. The van der Waals surface area contributed by atoms with E-state index in [9.17, 15) is 4.79 Å². The van der Waals surface area contributed by atoms with E-state index in [0.717, 1.165) is 82.8 Å². The molecule has 42 heavy (non-hydrogen) atoms. The number of hydrogen-bond acceptors (Lipinski definition) is 4. The third-order valence-electron chi connectivity index (χ3n) is 8.36. The van der Waals surface area contributed by atoms with Crippen LogP contribution in [0.3, 0.4) is 0 Å². The zero-order valence-corrected chi connectivity index (χ0v) is 23.7. The molecule has 208 valence electrons. The van der Waals surface area contributed by atoms with E-state index in [1.54, 1.807) is 0 Å². The Kier molecular flexibility index (Phi) is 6.98. The first-order valence-electron chi connectivity index (χ1n) is 14.6. The first-order valence-corrected chi connectivity index (χ1v) is 14.6. The average Bonchev–Trinajstić information content (AvgIpc) is 3.44. The van der Waals surface area contributed by atoms with Crippen molar-refractivity contribution in [3.05, 3.63) is 131 Å². The molecule has 0 radical (unpaired) electrons. The minimum atomic E-state index is -0.0234. The molecule has 1 N–H and O–H groups in total. The summed E-state index contributed by atoms with van der Waals surface area (Å²) in [5, 5.41) is 0. The fourth-order valence-corrected chi connectivity index (χ4v) is 6.04. The van der Waals surface area contributed by atoms with Gasteiger partial charge in [-0.15, -0.1) is 0 Å². The maximum atomic E-state index is 12.7. The third-order valence-corrected chi connectivity index (χ3v) is 8.36. The van der Waals surface area contributed by atoms with E-state index < -0.39 is 0 Å². The molecule has 2 aromatic heterocycles. The number of piperidine rings is 1. The van der Waals surface area contributed by atoms with Crippen LogP contribution in [0.2, 0.25) is 0 Å². The molecule has 0 amide bonds. The lowest BCUT2D eigenvalue weighted by molar-refractivity contribution is 0.178. The standard InChI is InChI=1S/C36H33N5O/c1-25-9-8-14-31-33(25)39-35(34(37-31)28-12-6-3-7-13-28)29-17-15-26(16-18-29)23-40-21-19-30(20-22-40)41-24-32(38-36(41)42)27-10-4-2-5-11-27/h2-18,24,30H,19-23H2,1H3,(H,38,42). The number of imidazole rings is 1. The Hall–Kier alpha value is -4.81. The fraction of sp³-hybridized carbons (Fsp3) is 0.194. The van der Waals surface area contributed by atoms with Crippen LogP contribution >= 0.6 is 0 Å². The summed E-state index contributed by atoms with van der Waals surface area (Å²) < 4.78 is 1.89. The van der Waals surface area contributed by atoms with Crippen LogP contribution in [-0.4, -0.2) is 37.5 Å². The Labute approximate surface area is 245 Å². The number of aromatic nitrogens is 4. The maximum Gasteiger partial charge on any atom is 0.326 e. The molecule has 0 atom stereocenters. The summed E-state index contributed by atoms with van der Waals surface area (Å²) in [6.45, 7) is 4.89. The second-order valence-corrected chi connectivity index (χ2v) is 11.2. The second kappa shape index (κ2) is 11.2. The van der Waals surface area contributed by atoms with Crippen LogP contribution in [0, 0.1) is 6.92 Å². The quantitative estimate of drug-likeness (QED) is 0.236. The topological polar surface area (TPSA) is 66.8 Å². The molecule has 6 aromatic rings. The van der Waals surface area contributed by atoms with E-state index >= 15 is 0 Å². The molecule has 1 fully saturated rings. The SMILES string of the molecule is Cc1cccc2nc(-c3ccccc3)c(-c3ccc(CN4CCC(n5cc(-c6ccccc6)[nH]c5=O)CC4)cc3)nc12. The highest BCUT2D eigenvalue weighted by atomic mass is 16.1. The van der Waals surface area contributed by atoms with Crippen molar-refractivity contribution in [3.63, 3.8) is 0 Å². The number of rotatable bonds is 6. The van der Waals surface area contributed by atoms with Crippen molar-refractivity contribution in [1.82, 2.24) is 24.4 Å². The van der Waals surface area contributed by atoms with Gasteiger partial charge in [-0.25, -0.2) is 14.8 Å². The first-order chi connectivity index (χ1) is 20.6. The molecule has 0 spiro atoms. The van der Waals surface area contributed by atoms with Crippen LogP contribution in [0.5, 0.6) is 0 Å². The van der Waals surface area contributed by atoms with Gasteiger partial charge in [-0.2, -0.15) is 0 Å². The number of nitrogens with zero attached hydrogens (tertiary/aromatic N) is 4. The van der Waals surface area contributed by atoms with Gasteiger partial charge in [0, 0.05) is 43.0 Å². The van der Waals surface area contributed by atoms with E-state index in [4.69, 9.17) is 9.97 Å². The van der Waals surface area contributed by atoms with Crippen molar-refractivity contribution in [3.8, 4) is 33.8 Å². The highest BCUT2D eigenvalue weighted by Gasteiger charge is 2.23. The normalized spacial score (nSPS) is 14.4. The Balaban J connectivity index is 1.07. The molecule has 7 rings (SSSR count). The molecular formula is C36H33N5O. The summed E-state index contributed by atoms with van der Waals surface area (Å²) >= 11 is 0.